The summed E-state index contributed by atoms with van der Waals surface area (Å²) in [5, 5.41) is 2.31. The summed E-state index contributed by atoms with van der Waals surface area (Å²) in [6.45, 7) is 0. The van der Waals surface area contributed by atoms with Crippen molar-refractivity contribution in [1.29, 1.82) is 0 Å². The highest BCUT2D eigenvalue weighted by Crippen LogP contribution is 2.41. The fraction of sp³-hybridized carbons (Fsp3) is 0. The molecule has 0 saturated heterocycles. The Kier molecular flexibility index (Phi) is 10.1. The molecule has 0 bridgehead atoms. The van der Waals surface area contributed by atoms with Crippen molar-refractivity contribution in [2.75, 3.05) is 0 Å². The third kappa shape index (κ3) is 7.64. The molecule has 67 heavy (non-hydrogen) atoms. The van der Waals surface area contributed by atoms with Crippen molar-refractivity contribution >= 4 is 21.8 Å². The number of fused-ring (bicyclic) bond motifs is 3. The largest absolute Gasteiger partial charge is 0.308 e. The summed E-state index contributed by atoms with van der Waals surface area (Å²) < 4.78 is 2.39. The molecule has 0 radical (unpaired) electrons. The van der Waals surface area contributed by atoms with Gasteiger partial charge in [-0.2, -0.15) is 0 Å². The van der Waals surface area contributed by atoms with E-state index in [1.807, 2.05) is 48.5 Å². The second-order valence-corrected chi connectivity index (χ2v) is 16.7. The first-order valence-corrected chi connectivity index (χ1v) is 22.5. The van der Waals surface area contributed by atoms with Gasteiger partial charge in [-0.25, -0.2) is 19.9 Å². The molecule has 9 aromatic carbocycles. The first-order valence-electron chi connectivity index (χ1n) is 22.5. The van der Waals surface area contributed by atoms with E-state index in [0.29, 0.717) is 11.6 Å². The summed E-state index contributed by atoms with van der Waals surface area (Å²) in [6.07, 6.45) is 0. The summed E-state index contributed by atoms with van der Waals surface area (Å²) in [5.41, 5.74) is 16.8. The molecule has 5 heteroatoms. The van der Waals surface area contributed by atoms with Gasteiger partial charge in [0.05, 0.1) is 39.5 Å². The van der Waals surface area contributed by atoms with Crippen LogP contribution in [0, 0.1) is 0 Å². The maximum Gasteiger partial charge on any atom is 0.162 e. The quantitative estimate of drug-likeness (QED) is 0.145. The lowest BCUT2D eigenvalue weighted by atomic mass is 10.0. The van der Waals surface area contributed by atoms with Crippen LogP contribution in [0.5, 0.6) is 0 Å². The molecule has 0 aliphatic rings. The molecule has 3 heterocycles. The van der Waals surface area contributed by atoms with Crippen LogP contribution >= 0.6 is 0 Å². The van der Waals surface area contributed by atoms with Crippen LogP contribution in [0.25, 0.3) is 118 Å². The molecule has 0 spiro atoms. The number of hydrogen-bond acceptors (Lipinski definition) is 4. The van der Waals surface area contributed by atoms with Gasteiger partial charge in [0, 0.05) is 44.2 Å². The van der Waals surface area contributed by atoms with Crippen molar-refractivity contribution < 1.29 is 0 Å². The van der Waals surface area contributed by atoms with Gasteiger partial charge in [0.25, 0.3) is 0 Å². The Hall–Kier alpha value is -9.06. The zero-order valence-electron chi connectivity index (χ0n) is 36.4. The van der Waals surface area contributed by atoms with E-state index < -0.39 is 0 Å². The Morgan fingerprint density at radius 3 is 1.00 bits per heavy atom. The van der Waals surface area contributed by atoms with E-state index in [9.17, 15) is 0 Å². The second-order valence-electron chi connectivity index (χ2n) is 16.7. The Balaban J connectivity index is 1.15. The molecule has 0 amide bonds. The Morgan fingerprint density at radius 1 is 0.239 bits per heavy atom. The number of aromatic nitrogens is 5. The van der Waals surface area contributed by atoms with Gasteiger partial charge in [-0.15, -0.1) is 0 Å². The number of rotatable bonds is 9. The second kappa shape index (κ2) is 17.1. The summed E-state index contributed by atoms with van der Waals surface area (Å²) in [5.74, 6) is 1.26. The third-order valence-electron chi connectivity index (χ3n) is 12.4. The van der Waals surface area contributed by atoms with Crippen LogP contribution in [-0.2, 0) is 0 Å². The first kappa shape index (κ1) is 39.5. The summed E-state index contributed by atoms with van der Waals surface area (Å²) in [6, 6.07) is 86.9. The topological polar surface area (TPSA) is 56.5 Å². The van der Waals surface area contributed by atoms with Crippen molar-refractivity contribution in [3.63, 3.8) is 0 Å². The maximum absolute atomic E-state index is 5.45. The van der Waals surface area contributed by atoms with Crippen molar-refractivity contribution in [2.24, 2.45) is 0 Å². The molecule has 12 aromatic rings. The number of benzene rings is 9. The predicted octanol–water partition coefficient (Wildman–Crippen LogP) is 15.7. The zero-order chi connectivity index (χ0) is 44.5. The van der Waals surface area contributed by atoms with E-state index in [1.54, 1.807) is 0 Å². The van der Waals surface area contributed by atoms with Crippen LogP contribution < -0.4 is 0 Å². The van der Waals surface area contributed by atoms with E-state index in [4.69, 9.17) is 19.9 Å². The van der Waals surface area contributed by atoms with Crippen molar-refractivity contribution in [3.8, 4) is 95.7 Å². The van der Waals surface area contributed by atoms with Crippen LogP contribution in [0.4, 0.5) is 0 Å². The normalized spacial score (nSPS) is 11.3. The van der Waals surface area contributed by atoms with Crippen LogP contribution in [-0.4, -0.2) is 24.5 Å². The summed E-state index contributed by atoms with van der Waals surface area (Å²) in [7, 11) is 0. The van der Waals surface area contributed by atoms with Crippen LogP contribution in [0.15, 0.2) is 249 Å². The molecular weight excluding hydrogens is 815 g/mol. The van der Waals surface area contributed by atoms with Crippen LogP contribution in [0.1, 0.15) is 0 Å². The molecule has 3 aromatic heterocycles. The van der Waals surface area contributed by atoms with Gasteiger partial charge in [0.15, 0.2) is 11.6 Å². The molecule has 0 fully saturated rings. The van der Waals surface area contributed by atoms with Crippen molar-refractivity contribution in [2.45, 2.75) is 0 Å². The predicted molar refractivity (Wildman–Crippen MR) is 275 cm³/mol. The van der Waals surface area contributed by atoms with Crippen molar-refractivity contribution in [1.82, 2.24) is 24.5 Å². The van der Waals surface area contributed by atoms with Gasteiger partial charge < -0.3 is 4.57 Å². The van der Waals surface area contributed by atoms with Gasteiger partial charge in [0.2, 0.25) is 0 Å². The standard InChI is InChI=1S/C62H41N5/c1-7-19-42(20-8-1)48-31-34-58-51(37-48)52-38-49(43-21-9-2-10-22-43)32-35-59(52)67(58)60-36-33-50(57-41-54(44-23-11-3-12-24-44)63-61(64-57)47-29-17-6-18-30-47)39-53(60)62-65-55(45-25-13-4-14-26-45)40-56(66-62)46-27-15-5-16-28-46/h1-41H. The SMILES string of the molecule is c1ccc(-c2ccc3c(c2)c2cc(-c4ccccc4)ccc2n3-c2ccc(-c3cc(-c4ccccc4)nc(-c4ccccc4)n3)cc2-c2nc(-c3ccccc3)cc(-c3ccccc3)n2)cc1. The summed E-state index contributed by atoms with van der Waals surface area (Å²) >= 11 is 0. The average molecular weight is 856 g/mol. The van der Waals surface area contributed by atoms with E-state index in [-0.39, 0.29) is 0 Å². The van der Waals surface area contributed by atoms with Gasteiger partial charge in [-0.3, -0.25) is 0 Å². The van der Waals surface area contributed by atoms with E-state index in [2.05, 4.69) is 205 Å². The maximum atomic E-state index is 5.45. The highest BCUT2D eigenvalue weighted by atomic mass is 15.0. The lowest BCUT2D eigenvalue weighted by Gasteiger charge is -2.17. The Bertz CT molecular complexity index is 3490. The fourth-order valence-corrected chi connectivity index (χ4v) is 9.12. The molecule has 0 aliphatic carbocycles. The van der Waals surface area contributed by atoms with Gasteiger partial charge in [-0.1, -0.05) is 200 Å². The lowest BCUT2D eigenvalue weighted by Crippen LogP contribution is -2.03. The third-order valence-corrected chi connectivity index (χ3v) is 12.4. The minimum atomic E-state index is 0.606. The minimum absolute atomic E-state index is 0.606. The minimum Gasteiger partial charge on any atom is -0.308 e. The van der Waals surface area contributed by atoms with Crippen molar-refractivity contribution in [3.05, 3.63) is 249 Å². The Labute approximate surface area is 389 Å². The molecular formula is C62H41N5. The smallest absolute Gasteiger partial charge is 0.162 e. The zero-order valence-corrected chi connectivity index (χ0v) is 36.4. The van der Waals surface area contributed by atoms with E-state index >= 15 is 0 Å². The molecule has 0 N–H and O–H groups in total. The molecule has 5 nitrogen and oxygen atoms in total. The molecule has 0 aliphatic heterocycles. The first-order chi connectivity index (χ1) is 33.2. The Morgan fingerprint density at radius 2 is 0.582 bits per heavy atom. The monoisotopic (exact) mass is 855 g/mol. The molecule has 0 atom stereocenters. The van der Waals surface area contributed by atoms with Crippen LogP contribution in [0.2, 0.25) is 0 Å². The number of hydrogen-bond donors (Lipinski definition) is 0. The average Bonchev–Trinajstić information content (AvgIpc) is 3.74. The lowest BCUT2D eigenvalue weighted by molar-refractivity contribution is 1.13. The molecule has 0 unspecified atom stereocenters. The molecule has 0 saturated carbocycles. The van der Waals surface area contributed by atoms with Gasteiger partial charge in [0.1, 0.15) is 0 Å². The highest BCUT2D eigenvalue weighted by Gasteiger charge is 2.22. The fourth-order valence-electron chi connectivity index (χ4n) is 9.12. The number of nitrogens with zero attached hydrogens (tertiary/aromatic N) is 5. The van der Waals surface area contributed by atoms with Crippen LogP contribution in [0.3, 0.4) is 0 Å². The van der Waals surface area contributed by atoms with E-state index in [0.717, 1.165) is 94.8 Å². The molecule has 12 rings (SSSR count). The summed E-state index contributed by atoms with van der Waals surface area (Å²) in [4.78, 5) is 21.3. The molecule has 314 valence electrons. The van der Waals surface area contributed by atoms with Gasteiger partial charge in [-0.05, 0) is 70.8 Å². The van der Waals surface area contributed by atoms with E-state index in [1.165, 1.54) is 11.1 Å². The highest BCUT2D eigenvalue weighted by molar-refractivity contribution is 6.12. The van der Waals surface area contributed by atoms with Gasteiger partial charge >= 0.3 is 0 Å².